The molecular weight excluding hydrogens is 460 g/mol. The number of aromatic amines is 1. The monoisotopic (exact) mass is 485 g/mol. The second-order valence-corrected chi connectivity index (χ2v) is 8.31. The Morgan fingerprint density at radius 3 is 2.29 bits per heavy atom. The minimum Gasteiger partial charge on any atom is -0.465 e. The van der Waals surface area contributed by atoms with Crippen LogP contribution in [0.5, 0.6) is 0 Å². The number of benzene rings is 2. The maximum absolute atomic E-state index is 15.0. The highest BCUT2D eigenvalue weighted by Crippen LogP contribution is 2.25. The van der Waals surface area contributed by atoms with E-state index in [-0.39, 0.29) is 27.8 Å². The molecule has 3 atom stereocenters. The van der Waals surface area contributed by atoms with Crippen LogP contribution in [0.3, 0.4) is 0 Å². The molecule has 2 aromatic carbocycles. The van der Waals surface area contributed by atoms with E-state index in [1.165, 1.54) is 37.4 Å². The highest BCUT2D eigenvalue weighted by Gasteiger charge is 2.28. The summed E-state index contributed by atoms with van der Waals surface area (Å²) in [6, 6.07) is 5.76. The predicted octanol–water partition coefficient (Wildman–Crippen LogP) is 3.90. The number of ketones is 1. The molecule has 3 aromatic rings. The first-order valence-corrected chi connectivity index (χ1v) is 11.0. The molecule has 10 heteroatoms. The van der Waals surface area contributed by atoms with Gasteiger partial charge in [0.05, 0.1) is 11.6 Å². The maximum Gasteiger partial charge on any atom is 0.405 e. The highest BCUT2D eigenvalue weighted by molar-refractivity contribution is 6.16. The van der Waals surface area contributed by atoms with E-state index in [0.29, 0.717) is 6.42 Å². The van der Waals surface area contributed by atoms with Crippen LogP contribution in [0.4, 0.5) is 13.6 Å². The molecule has 1 aromatic heterocycles. The zero-order chi connectivity index (χ0) is 25.9. The number of fused-ring (bicyclic) bond motifs is 1. The molecule has 184 valence electrons. The van der Waals surface area contributed by atoms with Crippen molar-refractivity contribution in [1.82, 2.24) is 15.6 Å². The molecule has 3 rings (SSSR count). The van der Waals surface area contributed by atoms with Gasteiger partial charge in [-0.1, -0.05) is 32.4 Å². The standard InChI is InChI=1S/C25H25F2N3O5/c1-4-12(2)21(30-25(34)35)24(33)29-13(3)14-10-18(26)20(19(27)11-14)22(31)16-6-5-7-17-15(16)8-9-28-23(17)32/h5-13,21,30H,4H2,1-3H3,(H,28,32)(H,29,33)(H,34,35)/t12-,13?,21-/m0/s1. The summed E-state index contributed by atoms with van der Waals surface area (Å²) in [4.78, 5) is 51.2. The Balaban J connectivity index is 1.91. The lowest BCUT2D eigenvalue weighted by Crippen LogP contribution is -2.50. The van der Waals surface area contributed by atoms with Gasteiger partial charge >= 0.3 is 6.09 Å². The summed E-state index contributed by atoms with van der Waals surface area (Å²) in [7, 11) is 0. The van der Waals surface area contributed by atoms with Crippen LogP contribution in [-0.2, 0) is 4.79 Å². The topological polar surface area (TPSA) is 128 Å². The number of aromatic nitrogens is 1. The van der Waals surface area contributed by atoms with Crippen molar-refractivity contribution in [3.05, 3.63) is 81.3 Å². The number of H-pyrrole nitrogens is 1. The van der Waals surface area contributed by atoms with Crippen LogP contribution in [-0.4, -0.2) is 33.9 Å². The van der Waals surface area contributed by atoms with Crippen LogP contribution in [0.1, 0.15) is 54.7 Å². The third-order valence-corrected chi connectivity index (χ3v) is 5.98. The Morgan fingerprint density at radius 2 is 1.69 bits per heavy atom. The number of hydrogen-bond donors (Lipinski definition) is 4. The lowest BCUT2D eigenvalue weighted by molar-refractivity contribution is -0.124. The third-order valence-electron chi connectivity index (χ3n) is 5.98. The minimum absolute atomic E-state index is 0.0309. The van der Waals surface area contributed by atoms with E-state index in [0.717, 1.165) is 12.1 Å². The molecule has 1 heterocycles. The Bertz CT molecular complexity index is 1330. The van der Waals surface area contributed by atoms with Crippen molar-refractivity contribution in [2.45, 2.75) is 39.3 Å². The van der Waals surface area contributed by atoms with E-state index in [9.17, 15) is 19.2 Å². The summed E-state index contributed by atoms with van der Waals surface area (Å²) in [6.07, 6.45) is 0.494. The fourth-order valence-corrected chi connectivity index (χ4v) is 3.83. The molecule has 0 aliphatic carbocycles. The first-order chi connectivity index (χ1) is 16.5. The summed E-state index contributed by atoms with van der Waals surface area (Å²) in [6.45, 7) is 4.98. The lowest BCUT2D eigenvalue weighted by atomic mass is 9.95. The molecule has 35 heavy (non-hydrogen) atoms. The van der Waals surface area contributed by atoms with Crippen LogP contribution in [0, 0.1) is 17.6 Å². The first-order valence-electron chi connectivity index (χ1n) is 11.0. The normalized spacial score (nSPS) is 13.6. The molecule has 0 aliphatic heterocycles. The number of hydrogen-bond acceptors (Lipinski definition) is 4. The zero-order valence-electron chi connectivity index (χ0n) is 19.3. The van der Waals surface area contributed by atoms with Crippen molar-refractivity contribution < 1.29 is 28.3 Å². The van der Waals surface area contributed by atoms with Gasteiger partial charge in [-0.15, -0.1) is 0 Å². The van der Waals surface area contributed by atoms with Gasteiger partial charge in [0, 0.05) is 17.1 Å². The summed E-state index contributed by atoms with van der Waals surface area (Å²) in [5.41, 5.74) is -1.20. The van der Waals surface area contributed by atoms with Crippen molar-refractivity contribution in [2.24, 2.45) is 5.92 Å². The number of amides is 2. The number of halogens is 2. The molecule has 8 nitrogen and oxygen atoms in total. The van der Waals surface area contributed by atoms with Gasteiger partial charge in [-0.2, -0.15) is 0 Å². The first kappa shape index (κ1) is 25.5. The summed E-state index contributed by atoms with van der Waals surface area (Å²) in [5.74, 6) is -4.15. The number of carbonyl (C=O) groups excluding carboxylic acids is 2. The Morgan fingerprint density at radius 1 is 1.03 bits per heavy atom. The van der Waals surface area contributed by atoms with Gasteiger partial charge < -0.3 is 20.7 Å². The Labute approximate surface area is 199 Å². The highest BCUT2D eigenvalue weighted by atomic mass is 19.1. The van der Waals surface area contributed by atoms with Crippen LogP contribution in [0.15, 0.2) is 47.4 Å². The second-order valence-electron chi connectivity index (χ2n) is 8.31. The fraction of sp³-hybridized carbons (Fsp3) is 0.280. The molecule has 0 spiro atoms. The van der Waals surface area contributed by atoms with E-state index >= 15 is 8.78 Å². The largest absolute Gasteiger partial charge is 0.465 e. The Kier molecular flexibility index (Phi) is 7.63. The lowest BCUT2D eigenvalue weighted by Gasteiger charge is -2.24. The number of pyridine rings is 1. The van der Waals surface area contributed by atoms with E-state index in [2.05, 4.69) is 15.6 Å². The minimum atomic E-state index is -1.37. The van der Waals surface area contributed by atoms with Gasteiger partial charge in [-0.25, -0.2) is 13.6 Å². The summed E-state index contributed by atoms with van der Waals surface area (Å²) in [5, 5.41) is 14.2. The van der Waals surface area contributed by atoms with Crippen LogP contribution in [0.2, 0.25) is 0 Å². The molecule has 4 N–H and O–H groups in total. The fourth-order valence-electron chi connectivity index (χ4n) is 3.83. The predicted molar refractivity (Wildman–Crippen MR) is 125 cm³/mol. The number of nitrogens with one attached hydrogen (secondary N) is 3. The van der Waals surface area contributed by atoms with E-state index < -0.39 is 52.6 Å². The van der Waals surface area contributed by atoms with Crippen LogP contribution < -0.4 is 16.2 Å². The maximum atomic E-state index is 15.0. The van der Waals surface area contributed by atoms with E-state index in [1.54, 1.807) is 13.8 Å². The van der Waals surface area contributed by atoms with Crippen LogP contribution >= 0.6 is 0 Å². The van der Waals surface area contributed by atoms with E-state index in [4.69, 9.17) is 5.11 Å². The van der Waals surface area contributed by atoms with Crippen molar-refractivity contribution in [1.29, 1.82) is 0 Å². The molecule has 0 fully saturated rings. The van der Waals surface area contributed by atoms with Crippen molar-refractivity contribution in [3.8, 4) is 0 Å². The Hall–Kier alpha value is -4.08. The molecule has 2 amide bonds. The molecular formula is C25H25F2N3O5. The van der Waals surface area contributed by atoms with Crippen molar-refractivity contribution in [2.75, 3.05) is 0 Å². The molecule has 0 saturated heterocycles. The SMILES string of the molecule is CC[C@H](C)[C@H](NC(=O)O)C(=O)NC(C)c1cc(F)c(C(=O)c2cccc3c(=O)[nH]ccc23)c(F)c1. The van der Waals surface area contributed by atoms with Gasteiger partial charge in [0.15, 0.2) is 5.78 Å². The molecule has 0 aliphatic rings. The van der Waals surface area contributed by atoms with Crippen molar-refractivity contribution in [3.63, 3.8) is 0 Å². The number of carbonyl (C=O) groups is 3. The average molecular weight is 485 g/mol. The second kappa shape index (κ2) is 10.5. The third kappa shape index (κ3) is 5.37. The molecule has 0 bridgehead atoms. The van der Waals surface area contributed by atoms with Gasteiger partial charge in [-0.3, -0.25) is 14.4 Å². The molecule has 0 saturated carbocycles. The number of carboxylic acid groups (broad SMARTS) is 1. The van der Waals surface area contributed by atoms with Gasteiger partial charge in [0.25, 0.3) is 5.56 Å². The van der Waals surface area contributed by atoms with Crippen molar-refractivity contribution >= 4 is 28.6 Å². The average Bonchev–Trinajstić information content (AvgIpc) is 2.81. The summed E-state index contributed by atoms with van der Waals surface area (Å²) < 4.78 is 30.0. The molecule has 1 unspecified atom stereocenters. The van der Waals surface area contributed by atoms with Gasteiger partial charge in [0.1, 0.15) is 17.7 Å². The quantitative estimate of drug-likeness (QED) is 0.360. The van der Waals surface area contributed by atoms with Gasteiger partial charge in [0.2, 0.25) is 5.91 Å². The van der Waals surface area contributed by atoms with E-state index in [1.807, 2.05) is 0 Å². The smallest absolute Gasteiger partial charge is 0.405 e. The van der Waals surface area contributed by atoms with Gasteiger partial charge in [-0.05, 0) is 48.1 Å². The summed E-state index contributed by atoms with van der Waals surface area (Å²) >= 11 is 0. The number of rotatable bonds is 8. The van der Waals surface area contributed by atoms with Crippen LogP contribution in [0.25, 0.3) is 10.8 Å². The zero-order valence-corrected chi connectivity index (χ0v) is 19.3. The molecule has 0 radical (unpaired) electrons.